The molecule has 9 heteroatoms. The zero-order chi connectivity index (χ0) is 21.7. The maximum atomic E-state index is 12.9. The van der Waals surface area contributed by atoms with Gasteiger partial charge in [-0.25, -0.2) is 4.79 Å². The van der Waals surface area contributed by atoms with Crippen LogP contribution in [0.2, 0.25) is 0 Å². The number of nitrogens with one attached hydrogen (secondary N) is 3. The molecule has 1 aliphatic rings. The van der Waals surface area contributed by atoms with E-state index in [0.717, 1.165) is 5.56 Å². The highest BCUT2D eigenvalue weighted by Gasteiger charge is 2.50. The van der Waals surface area contributed by atoms with Crippen LogP contribution >= 0.6 is 0 Å². The molecule has 1 unspecified atom stereocenters. The number of benzene rings is 2. The average Bonchev–Trinajstić information content (AvgIpc) is 2.97. The van der Waals surface area contributed by atoms with Gasteiger partial charge >= 0.3 is 6.03 Å². The van der Waals surface area contributed by atoms with Gasteiger partial charge in [-0.1, -0.05) is 42.5 Å². The summed E-state index contributed by atoms with van der Waals surface area (Å²) >= 11 is 0. The number of ether oxygens (including phenoxy) is 1. The first kappa shape index (κ1) is 20.8. The molecule has 1 saturated heterocycles. The zero-order valence-electron chi connectivity index (χ0n) is 16.6. The fraction of sp³-hybridized carbons (Fsp3) is 0.238. The Morgan fingerprint density at radius 2 is 1.80 bits per heavy atom. The van der Waals surface area contributed by atoms with Crippen molar-refractivity contribution in [3.05, 3.63) is 65.7 Å². The van der Waals surface area contributed by atoms with Gasteiger partial charge in [0.05, 0.1) is 20.1 Å². The number of carbonyl (C=O) groups excluding carboxylic acids is 4. The summed E-state index contributed by atoms with van der Waals surface area (Å²) in [6, 6.07) is 15.0. The molecule has 1 heterocycles. The van der Waals surface area contributed by atoms with E-state index < -0.39 is 23.4 Å². The number of hydrogen-bond acceptors (Lipinski definition) is 5. The van der Waals surface area contributed by atoms with E-state index in [0.29, 0.717) is 16.3 Å². The highest BCUT2D eigenvalue weighted by molar-refractivity contribution is 6.08. The Labute approximate surface area is 173 Å². The van der Waals surface area contributed by atoms with Crippen LogP contribution in [0.1, 0.15) is 18.1 Å². The quantitative estimate of drug-likeness (QED) is 0.585. The Hall–Kier alpha value is -3.88. The molecule has 30 heavy (non-hydrogen) atoms. The second-order valence-corrected chi connectivity index (χ2v) is 6.90. The monoisotopic (exact) mass is 410 g/mol. The molecule has 0 saturated carbocycles. The van der Waals surface area contributed by atoms with Crippen LogP contribution in [0, 0.1) is 0 Å². The van der Waals surface area contributed by atoms with Crippen LogP contribution < -0.4 is 20.8 Å². The lowest BCUT2D eigenvalue weighted by Gasteiger charge is -2.22. The van der Waals surface area contributed by atoms with Crippen molar-refractivity contribution in [1.29, 1.82) is 0 Å². The lowest BCUT2D eigenvalue weighted by Crippen LogP contribution is -2.50. The van der Waals surface area contributed by atoms with Crippen molar-refractivity contribution in [2.45, 2.75) is 18.9 Å². The van der Waals surface area contributed by atoms with Crippen molar-refractivity contribution in [3.63, 3.8) is 0 Å². The van der Waals surface area contributed by atoms with Crippen molar-refractivity contribution >= 4 is 23.8 Å². The predicted octanol–water partition coefficient (Wildman–Crippen LogP) is 0.852. The number of methoxy groups -OCH3 is 1. The minimum Gasteiger partial charge on any atom is -0.497 e. The minimum absolute atomic E-state index is 0.116. The van der Waals surface area contributed by atoms with Crippen LogP contribution in [0.25, 0.3) is 0 Å². The third-order valence-electron chi connectivity index (χ3n) is 4.73. The summed E-state index contributed by atoms with van der Waals surface area (Å²) in [5.41, 5.74) is 2.18. The topological polar surface area (TPSA) is 117 Å². The number of amides is 5. The van der Waals surface area contributed by atoms with Crippen molar-refractivity contribution in [1.82, 2.24) is 21.1 Å². The number of urea groups is 1. The van der Waals surface area contributed by atoms with E-state index in [1.54, 1.807) is 36.4 Å². The van der Waals surface area contributed by atoms with Crippen molar-refractivity contribution in [2.75, 3.05) is 13.7 Å². The second kappa shape index (κ2) is 8.64. The maximum absolute atomic E-state index is 12.9. The van der Waals surface area contributed by atoms with E-state index >= 15 is 0 Å². The van der Waals surface area contributed by atoms with Gasteiger partial charge in [0, 0.05) is 0 Å². The van der Waals surface area contributed by atoms with Gasteiger partial charge in [0.2, 0.25) is 5.91 Å². The molecule has 1 fully saturated rings. The third kappa shape index (κ3) is 4.40. The molecule has 0 spiro atoms. The van der Waals surface area contributed by atoms with Gasteiger partial charge in [-0.05, 0) is 30.2 Å². The van der Waals surface area contributed by atoms with Gasteiger partial charge in [-0.15, -0.1) is 0 Å². The number of hydrogen-bond donors (Lipinski definition) is 3. The number of nitrogens with zero attached hydrogens (tertiary/aromatic N) is 1. The van der Waals surface area contributed by atoms with Crippen LogP contribution in [-0.2, 0) is 26.3 Å². The normalized spacial score (nSPS) is 18.0. The lowest BCUT2D eigenvalue weighted by molar-refractivity contribution is -0.138. The van der Waals surface area contributed by atoms with E-state index in [1.807, 2.05) is 18.2 Å². The fourth-order valence-corrected chi connectivity index (χ4v) is 3.06. The molecule has 1 aliphatic heterocycles. The van der Waals surface area contributed by atoms with Crippen molar-refractivity contribution < 1.29 is 23.9 Å². The number of carbonyl (C=O) groups is 4. The minimum atomic E-state index is -1.37. The first-order valence-electron chi connectivity index (χ1n) is 9.25. The Morgan fingerprint density at radius 1 is 1.07 bits per heavy atom. The maximum Gasteiger partial charge on any atom is 0.344 e. The first-order chi connectivity index (χ1) is 14.3. The fourth-order valence-electron chi connectivity index (χ4n) is 3.06. The predicted molar refractivity (Wildman–Crippen MR) is 107 cm³/mol. The summed E-state index contributed by atoms with van der Waals surface area (Å²) < 4.78 is 5.16. The van der Waals surface area contributed by atoms with E-state index in [2.05, 4.69) is 16.1 Å². The molecule has 5 amide bonds. The molecule has 0 bridgehead atoms. The molecule has 156 valence electrons. The number of rotatable bonds is 7. The SMILES string of the molecule is COc1cccc(C2(C)NC(=O)N(NC(=O)CNC(=O)Cc3ccccc3)C2=O)c1. The first-order valence-corrected chi connectivity index (χ1v) is 9.25. The van der Waals surface area contributed by atoms with E-state index in [-0.39, 0.29) is 18.9 Å². The van der Waals surface area contributed by atoms with Gasteiger partial charge in [0.25, 0.3) is 11.8 Å². The van der Waals surface area contributed by atoms with Crippen molar-refractivity contribution in [3.8, 4) is 5.75 Å². The second-order valence-electron chi connectivity index (χ2n) is 6.90. The molecule has 2 aromatic carbocycles. The Morgan fingerprint density at radius 3 is 2.50 bits per heavy atom. The molecular weight excluding hydrogens is 388 g/mol. The van der Waals surface area contributed by atoms with E-state index in [9.17, 15) is 19.2 Å². The van der Waals surface area contributed by atoms with Crippen LogP contribution in [0.3, 0.4) is 0 Å². The molecule has 1 atom stereocenters. The molecule has 0 aromatic heterocycles. The molecule has 3 rings (SSSR count). The molecule has 0 radical (unpaired) electrons. The molecule has 2 aromatic rings. The van der Waals surface area contributed by atoms with Crippen LogP contribution in [0.4, 0.5) is 4.79 Å². The average molecular weight is 410 g/mol. The number of hydrazine groups is 1. The Bertz CT molecular complexity index is 978. The largest absolute Gasteiger partial charge is 0.497 e. The lowest BCUT2D eigenvalue weighted by atomic mass is 9.92. The van der Waals surface area contributed by atoms with Gasteiger partial charge in [-0.3, -0.25) is 19.8 Å². The summed E-state index contributed by atoms with van der Waals surface area (Å²) in [5, 5.41) is 5.66. The van der Waals surface area contributed by atoms with Gasteiger partial charge in [-0.2, -0.15) is 5.01 Å². The number of imide groups is 1. The summed E-state index contributed by atoms with van der Waals surface area (Å²) in [6.45, 7) is 1.16. The highest BCUT2D eigenvalue weighted by atomic mass is 16.5. The highest BCUT2D eigenvalue weighted by Crippen LogP contribution is 2.30. The van der Waals surface area contributed by atoms with Gasteiger partial charge in [0.1, 0.15) is 11.3 Å². The summed E-state index contributed by atoms with van der Waals surface area (Å²) in [4.78, 5) is 49.3. The van der Waals surface area contributed by atoms with Gasteiger partial charge < -0.3 is 15.4 Å². The van der Waals surface area contributed by atoms with Crippen LogP contribution in [-0.4, -0.2) is 42.4 Å². The van der Waals surface area contributed by atoms with Gasteiger partial charge in [0.15, 0.2) is 0 Å². The van der Waals surface area contributed by atoms with Crippen LogP contribution in [0.15, 0.2) is 54.6 Å². The molecule has 9 nitrogen and oxygen atoms in total. The van der Waals surface area contributed by atoms with E-state index in [4.69, 9.17) is 4.74 Å². The molecule has 3 N–H and O–H groups in total. The molecular formula is C21H22N4O5. The molecule has 0 aliphatic carbocycles. The summed E-state index contributed by atoms with van der Waals surface area (Å²) in [5.74, 6) is -1.17. The van der Waals surface area contributed by atoms with Crippen molar-refractivity contribution in [2.24, 2.45) is 0 Å². The summed E-state index contributed by atoms with van der Waals surface area (Å²) in [6.07, 6.45) is 0.116. The Balaban J connectivity index is 1.59. The summed E-state index contributed by atoms with van der Waals surface area (Å²) in [7, 11) is 1.50. The third-order valence-corrected chi connectivity index (χ3v) is 4.73. The Kier molecular flexibility index (Phi) is 6.01. The van der Waals surface area contributed by atoms with Crippen LogP contribution in [0.5, 0.6) is 5.75 Å². The van der Waals surface area contributed by atoms with E-state index in [1.165, 1.54) is 14.0 Å². The zero-order valence-corrected chi connectivity index (χ0v) is 16.6. The smallest absolute Gasteiger partial charge is 0.344 e. The standard InChI is InChI=1S/C21H22N4O5/c1-21(15-9-6-10-16(12-15)30-2)19(28)25(20(29)23-21)24-18(27)13-22-17(26)11-14-7-4-3-5-8-14/h3-10,12H,11,13H2,1-2H3,(H,22,26)(H,23,29)(H,24,27).